The number of ether oxygens (including phenoxy) is 2. The Balaban J connectivity index is 1.82. The zero-order valence-corrected chi connectivity index (χ0v) is 13.4. The third kappa shape index (κ3) is 1.41. The van der Waals surface area contributed by atoms with Gasteiger partial charge < -0.3 is 19.5 Å². The molecule has 1 aromatic carbocycles. The summed E-state index contributed by atoms with van der Waals surface area (Å²) in [6, 6.07) is 4.27. The van der Waals surface area contributed by atoms with E-state index in [-0.39, 0.29) is 23.5 Å². The second kappa shape index (κ2) is 4.20. The fourth-order valence-corrected chi connectivity index (χ4v) is 5.70. The van der Waals surface area contributed by atoms with Crippen LogP contribution in [0, 0.1) is 5.92 Å². The molecule has 2 aliphatic carbocycles. The number of hydrogen-bond donors (Lipinski definition) is 1. The molecule has 0 radical (unpaired) electrons. The van der Waals surface area contributed by atoms with Crippen LogP contribution in [0.2, 0.25) is 0 Å². The van der Waals surface area contributed by atoms with Crippen molar-refractivity contribution < 1.29 is 19.4 Å². The predicted octanol–water partition coefficient (Wildman–Crippen LogP) is 1.25. The van der Waals surface area contributed by atoms with Crippen LogP contribution in [0.1, 0.15) is 30.4 Å². The van der Waals surface area contributed by atoms with Gasteiger partial charge in [-0.25, -0.2) is 0 Å². The number of nitrogens with zero attached hydrogens (tertiary/aromatic N) is 1. The van der Waals surface area contributed by atoms with Gasteiger partial charge >= 0.3 is 0 Å². The van der Waals surface area contributed by atoms with Gasteiger partial charge in [-0.2, -0.15) is 0 Å². The molecule has 122 valence electrons. The van der Waals surface area contributed by atoms with Gasteiger partial charge in [-0.3, -0.25) is 4.79 Å². The summed E-state index contributed by atoms with van der Waals surface area (Å²) in [6.07, 6.45) is 2.13. The van der Waals surface area contributed by atoms with Gasteiger partial charge in [0.25, 0.3) is 0 Å². The minimum absolute atomic E-state index is 0.162. The van der Waals surface area contributed by atoms with Gasteiger partial charge in [0, 0.05) is 25.1 Å². The Morgan fingerprint density at radius 3 is 3.00 bits per heavy atom. The number of piperidine rings is 1. The molecule has 23 heavy (non-hydrogen) atoms. The van der Waals surface area contributed by atoms with Crippen LogP contribution in [0.25, 0.3) is 0 Å². The molecule has 2 fully saturated rings. The molecule has 4 aliphatic rings. The maximum atomic E-state index is 12.7. The van der Waals surface area contributed by atoms with E-state index < -0.39 is 6.10 Å². The maximum absolute atomic E-state index is 12.7. The molecular weight excluding hydrogens is 294 g/mol. The van der Waals surface area contributed by atoms with Crippen molar-refractivity contribution >= 4 is 5.91 Å². The molecular formula is C18H21NO4. The smallest absolute Gasteiger partial charge is 0.223 e. The van der Waals surface area contributed by atoms with Gasteiger partial charge in [-0.1, -0.05) is 6.07 Å². The minimum Gasteiger partial charge on any atom is -0.493 e. The van der Waals surface area contributed by atoms with Crippen molar-refractivity contribution in [2.75, 3.05) is 14.2 Å². The van der Waals surface area contributed by atoms with Crippen LogP contribution in [0.4, 0.5) is 0 Å². The lowest BCUT2D eigenvalue weighted by atomic mass is 9.51. The fraction of sp³-hybridized carbons (Fsp3) is 0.611. The summed E-state index contributed by atoms with van der Waals surface area (Å²) in [5.74, 6) is 2.00. The Morgan fingerprint density at radius 1 is 1.39 bits per heavy atom. The third-order valence-electron chi connectivity index (χ3n) is 6.66. The first kappa shape index (κ1) is 13.7. The Kier molecular flexibility index (Phi) is 2.50. The van der Waals surface area contributed by atoms with Crippen LogP contribution < -0.4 is 9.47 Å². The monoisotopic (exact) mass is 315 g/mol. The first-order chi connectivity index (χ1) is 11.1. The highest BCUT2D eigenvalue weighted by Crippen LogP contribution is 2.63. The number of likely N-dealkylation sites (N-methyl/N-ethyl adjacent to an activating group) is 1. The highest BCUT2D eigenvalue weighted by atomic mass is 16.5. The molecule has 0 unspecified atom stereocenters. The predicted molar refractivity (Wildman–Crippen MR) is 82.7 cm³/mol. The van der Waals surface area contributed by atoms with E-state index in [1.165, 1.54) is 5.56 Å². The van der Waals surface area contributed by atoms with Crippen molar-refractivity contribution in [3.8, 4) is 11.5 Å². The molecule has 1 saturated heterocycles. The Morgan fingerprint density at radius 2 is 2.22 bits per heavy atom. The Labute approximate surface area is 135 Å². The van der Waals surface area contributed by atoms with Crippen molar-refractivity contribution in [1.82, 2.24) is 4.90 Å². The zero-order chi connectivity index (χ0) is 15.9. The van der Waals surface area contributed by atoms with E-state index in [0.29, 0.717) is 18.1 Å². The molecule has 1 aromatic rings. The lowest BCUT2D eigenvalue weighted by molar-refractivity contribution is -0.153. The highest BCUT2D eigenvalue weighted by molar-refractivity contribution is 5.82. The standard InChI is InChI=1S/C18H21NO4/c1-19-11-7-9-3-6-13(22-2)16-15(9)18(8-14(19)21)10(11)4-5-12(20)17(18)23-16/h3,6,10-12,17,20H,4-5,7-8H2,1-2H3/t10-,11+,12+,17-,18-/m1/s1. The van der Waals surface area contributed by atoms with Crippen LogP contribution in [-0.4, -0.2) is 48.3 Å². The number of rotatable bonds is 1. The molecule has 2 aliphatic heterocycles. The molecule has 5 rings (SSSR count). The van der Waals surface area contributed by atoms with E-state index in [1.54, 1.807) is 7.11 Å². The SMILES string of the molecule is COc1ccc2c3c1O[C@@H]1[C@@H](O)CC[C@@H]4[C@H](C2)N(C)C(=O)C[C@]341. The van der Waals surface area contributed by atoms with Crippen LogP contribution >= 0.6 is 0 Å². The average Bonchev–Trinajstić information content (AvgIpc) is 2.89. The lowest BCUT2D eigenvalue weighted by Crippen LogP contribution is -2.67. The number of benzene rings is 1. The summed E-state index contributed by atoms with van der Waals surface area (Å²) in [5.41, 5.74) is 2.02. The summed E-state index contributed by atoms with van der Waals surface area (Å²) >= 11 is 0. The van der Waals surface area contributed by atoms with Crippen LogP contribution in [-0.2, 0) is 16.6 Å². The highest BCUT2D eigenvalue weighted by Gasteiger charge is 2.67. The lowest BCUT2D eigenvalue weighted by Gasteiger charge is -2.57. The summed E-state index contributed by atoms with van der Waals surface area (Å²) < 4.78 is 11.7. The van der Waals surface area contributed by atoms with Crippen LogP contribution in [0.15, 0.2) is 12.1 Å². The maximum Gasteiger partial charge on any atom is 0.223 e. The van der Waals surface area contributed by atoms with Gasteiger partial charge in [0.05, 0.1) is 18.6 Å². The second-order valence-electron chi connectivity index (χ2n) is 7.41. The van der Waals surface area contributed by atoms with E-state index in [0.717, 1.165) is 30.6 Å². The van der Waals surface area contributed by atoms with Crippen molar-refractivity contribution in [2.24, 2.45) is 5.92 Å². The Bertz CT molecular complexity index is 717. The number of aliphatic hydroxyl groups excluding tert-OH is 1. The number of carbonyl (C=O) groups excluding carboxylic acids is 1. The van der Waals surface area contributed by atoms with E-state index >= 15 is 0 Å². The summed E-state index contributed by atoms with van der Waals surface area (Å²) in [6.45, 7) is 0. The molecule has 5 atom stereocenters. The van der Waals surface area contributed by atoms with E-state index in [2.05, 4.69) is 6.07 Å². The number of hydrogen-bond acceptors (Lipinski definition) is 4. The number of aliphatic hydroxyl groups is 1. The normalized spacial score (nSPS) is 39.8. The zero-order valence-electron chi connectivity index (χ0n) is 13.4. The van der Waals surface area contributed by atoms with Gasteiger partial charge in [0.2, 0.25) is 5.91 Å². The van der Waals surface area contributed by atoms with Crippen molar-refractivity contribution in [2.45, 2.75) is 49.3 Å². The fourth-order valence-electron chi connectivity index (χ4n) is 5.70. The number of amides is 1. The topological polar surface area (TPSA) is 59.0 Å². The number of methoxy groups -OCH3 is 1. The molecule has 1 amide bonds. The largest absolute Gasteiger partial charge is 0.493 e. The molecule has 5 heteroatoms. The first-order valence-corrected chi connectivity index (χ1v) is 8.38. The summed E-state index contributed by atoms with van der Waals surface area (Å²) in [5, 5.41) is 10.6. The minimum atomic E-state index is -0.522. The van der Waals surface area contributed by atoms with Crippen molar-refractivity contribution in [3.63, 3.8) is 0 Å². The third-order valence-corrected chi connectivity index (χ3v) is 6.66. The van der Waals surface area contributed by atoms with Crippen molar-refractivity contribution in [3.05, 3.63) is 23.3 Å². The molecule has 0 aromatic heterocycles. The number of carbonyl (C=O) groups is 1. The molecule has 5 nitrogen and oxygen atoms in total. The Hall–Kier alpha value is -1.75. The average molecular weight is 315 g/mol. The molecule has 2 bridgehead atoms. The second-order valence-corrected chi connectivity index (χ2v) is 7.41. The van der Waals surface area contributed by atoms with E-state index in [4.69, 9.17) is 9.47 Å². The molecule has 1 spiro atoms. The van der Waals surface area contributed by atoms with Crippen LogP contribution in [0.3, 0.4) is 0 Å². The quantitative estimate of drug-likeness (QED) is 0.847. The van der Waals surface area contributed by atoms with E-state index in [9.17, 15) is 9.90 Å². The molecule has 1 N–H and O–H groups in total. The summed E-state index contributed by atoms with van der Waals surface area (Å²) in [7, 11) is 3.56. The van der Waals surface area contributed by atoms with Gasteiger partial charge in [-0.15, -0.1) is 0 Å². The first-order valence-electron chi connectivity index (χ1n) is 8.38. The van der Waals surface area contributed by atoms with Crippen molar-refractivity contribution in [1.29, 1.82) is 0 Å². The van der Waals surface area contributed by atoms with Crippen LogP contribution in [0.5, 0.6) is 11.5 Å². The van der Waals surface area contributed by atoms with Gasteiger partial charge in [0.1, 0.15) is 6.10 Å². The van der Waals surface area contributed by atoms with E-state index in [1.807, 2.05) is 18.0 Å². The van der Waals surface area contributed by atoms with Gasteiger partial charge in [-0.05, 0) is 36.8 Å². The number of likely N-dealkylation sites (tertiary alicyclic amines) is 1. The molecule has 1 saturated carbocycles. The summed E-state index contributed by atoms with van der Waals surface area (Å²) in [4.78, 5) is 14.6. The van der Waals surface area contributed by atoms with Gasteiger partial charge in [0.15, 0.2) is 11.5 Å². The molecule has 2 heterocycles.